The van der Waals surface area contributed by atoms with Crippen molar-refractivity contribution in [2.45, 2.75) is 69.4 Å². The predicted octanol–water partition coefficient (Wildman–Crippen LogP) is 6.68. The molecule has 7 rings (SSSR count). The van der Waals surface area contributed by atoms with E-state index in [2.05, 4.69) is 19.9 Å². The molecule has 2 N–H and O–H groups in total. The van der Waals surface area contributed by atoms with Gasteiger partial charge >= 0.3 is 12.2 Å². The Bertz CT molecular complexity index is 1710. The number of rotatable bonds is 5. The van der Waals surface area contributed by atoms with Crippen LogP contribution in [0.3, 0.4) is 0 Å². The number of ether oxygens (including phenoxy) is 1. The first-order valence-corrected chi connectivity index (χ1v) is 15.0. The summed E-state index contributed by atoms with van der Waals surface area (Å²) in [4.78, 5) is 16.8. The van der Waals surface area contributed by atoms with Crippen molar-refractivity contribution in [3.63, 3.8) is 0 Å². The summed E-state index contributed by atoms with van der Waals surface area (Å²) in [7, 11) is 0. The highest BCUT2D eigenvalue weighted by Crippen LogP contribution is 2.49. The van der Waals surface area contributed by atoms with Crippen molar-refractivity contribution < 1.29 is 35.5 Å². The summed E-state index contributed by atoms with van der Waals surface area (Å²) in [6.07, 6.45) is -0.110. The highest BCUT2D eigenvalue weighted by Gasteiger charge is 2.56. The van der Waals surface area contributed by atoms with Crippen LogP contribution in [0.1, 0.15) is 49.7 Å². The van der Waals surface area contributed by atoms with Gasteiger partial charge in [-0.3, -0.25) is 9.88 Å². The van der Waals surface area contributed by atoms with Gasteiger partial charge in [-0.15, -0.1) is 0 Å². The molecule has 5 heterocycles. The van der Waals surface area contributed by atoms with Gasteiger partial charge in [-0.05, 0) is 62.8 Å². The van der Waals surface area contributed by atoms with Crippen LogP contribution in [0.5, 0.6) is 6.01 Å². The summed E-state index contributed by atoms with van der Waals surface area (Å²) < 4.78 is 108. The Labute approximate surface area is 254 Å². The lowest BCUT2D eigenvalue weighted by Gasteiger charge is -2.31. The van der Waals surface area contributed by atoms with E-state index in [1.165, 1.54) is 0 Å². The first kappa shape index (κ1) is 30.0. The molecule has 4 fully saturated rings. The van der Waals surface area contributed by atoms with Gasteiger partial charge in [0.25, 0.3) is 0 Å². The standard InChI is InChI=1S/C31H31F7N6O/c1-15-21(31(36,37)38)18(9-20(39)22(15)33)25-24(35)26-19(12-40-25)28(44-8-3-2-5-17-23(34)27(17)44)42-29(41-26)45-14-30-6-4-7-43(30)13-16(10-30)11-32/h9,11-12,17,23,27H,2-8,10,13-14,39H2,1H3/b16-11+/t17-,23-,27-,30-/m0/s1. The van der Waals surface area contributed by atoms with Crippen LogP contribution in [0.25, 0.3) is 22.2 Å². The maximum atomic E-state index is 16.5. The lowest BCUT2D eigenvalue weighted by molar-refractivity contribution is -0.137. The second-order valence-corrected chi connectivity index (χ2v) is 12.6. The van der Waals surface area contributed by atoms with E-state index in [9.17, 15) is 26.3 Å². The maximum absolute atomic E-state index is 16.5. The lowest BCUT2D eigenvalue weighted by atomic mass is 9.94. The minimum Gasteiger partial charge on any atom is -0.461 e. The smallest absolute Gasteiger partial charge is 0.417 e. The average Bonchev–Trinajstić information content (AvgIpc) is 3.35. The third-order valence-electron chi connectivity index (χ3n) is 9.88. The van der Waals surface area contributed by atoms with Crippen molar-refractivity contribution in [1.82, 2.24) is 19.9 Å². The van der Waals surface area contributed by atoms with Gasteiger partial charge in [0.05, 0.1) is 34.5 Å². The summed E-state index contributed by atoms with van der Waals surface area (Å²) in [6.45, 7) is 2.62. The van der Waals surface area contributed by atoms with Gasteiger partial charge in [0.15, 0.2) is 5.82 Å². The summed E-state index contributed by atoms with van der Waals surface area (Å²) >= 11 is 0. The van der Waals surface area contributed by atoms with Crippen molar-refractivity contribution >= 4 is 22.4 Å². The van der Waals surface area contributed by atoms with E-state index >= 15 is 4.39 Å². The van der Waals surface area contributed by atoms with E-state index in [1.54, 1.807) is 4.90 Å². The van der Waals surface area contributed by atoms with E-state index in [0.29, 0.717) is 43.9 Å². The third-order valence-corrected chi connectivity index (χ3v) is 9.88. The van der Waals surface area contributed by atoms with Crippen LogP contribution in [0.2, 0.25) is 0 Å². The molecule has 3 aliphatic heterocycles. The van der Waals surface area contributed by atoms with Crippen LogP contribution in [-0.4, -0.2) is 63.8 Å². The predicted molar refractivity (Wildman–Crippen MR) is 153 cm³/mol. The highest BCUT2D eigenvalue weighted by molar-refractivity contribution is 5.93. The first-order valence-electron chi connectivity index (χ1n) is 15.0. The molecule has 45 heavy (non-hydrogen) atoms. The molecule has 1 saturated carbocycles. The molecule has 3 aromatic rings. The van der Waals surface area contributed by atoms with Gasteiger partial charge in [0.2, 0.25) is 0 Å². The lowest BCUT2D eigenvalue weighted by Crippen LogP contribution is -2.43. The van der Waals surface area contributed by atoms with Crippen LogP contribution in [0, 0.1) is 24.5 Å². The summed E-state index contributed by atoms with van der Waals surface area (Å²) in [5, 5.41) is 0.0767. The van der Waals surface area contributed by atoms with Crippen molar-refractivity contribution in [3.8, 4) is 17.3 Å². The molecule has 4 atom stereocenters. The molecule has 0 spiro atoms. The average molecular weight is 637 g/mol. The number of benzene rings is 1. The molecule has 0 unspecified atom stereocenters. The number of nitrogen functional groups attached to an aromatic ring is 1. The Morgan fingerprint density at radius 3 is 2.69 bits per heavy atom. The summed E-state index contributed by atoms with van der Waals surface area (Å²) in [6, 6.07) is -0.0212. The van der Waals surface area contributed by atoms with Crippen molar-refractivity contribution in [2.75, 3.05) is 36.9 Å². The molecule has 7 nitrogen and oxygen atoms in total. The molecule has 4 aliphatic rings. The van der Waals surface area contributed by atoms with Gasteiger partial charge in [0.1, 0.15) is 35.6 Å². The second-order valence-electron chi connectivity index (χ2n) is 12.6. The van der Waals surface area contributed by atoms with E-state index < -0.39 is 63.6 Å². The van der Waals surface area contributed by atoms with E-state index in [4.69, 9.17) is 10.5 Å². The van der Waals surface area contributed by atoms with Gasteiger partial charge in [-0.25, -0.2) is 17.6 Å². The molecule has 14 heteroatoms. The fourth-order valence-corrected chi connectivity index (χ4v) is 7.62. The topological polar surface area (TPSA) is 80.4 Å². The molecule has 1 aliphatic carbocycles. The number of hydrogen-bond donors (Lipinski definition) is 1. The number of halogens is 7. The van der Waals surface area contributed by atoms with Crippen molar-refractivity contribution in [2.24, 2.45) is 5.92 Å². The number of hydrogen-bond acceptors (Lipinski definition) is 7. The third kappa shape index (κ3) is 4.86. The Hall–Kier alpha value is -3.68. The minimum atomic E-state index is -5.05. The Morgan fingerprint density at radius 1 is 1.13 bits per heavy atom. The Balaban J connectivity index is 1.37. The fraction of sp³-hybridized carbons (Fsp3) is 0.516. The van der Waals surface area contributed by atoms with Gasteiger partial charge in [-0.1, -0.05) is 6.42 Å². The van der Waals surface area contributed by atoms with E-state index in [-0.39, 0.29) is 35.3 Å². The number of anilines is 2. The summed E-state index contributed by atoms with van der Waals surface area (Å²) in [5.74, 6) is -2.51. The number of fused-ring (bicyclic) bond motifs is 3. The summed E-state index contributed by atoms with van der Waals surface area (Å²) in [5.41, 5.74) is 1.18. The molecule has 3 saturated heterocycles. The number of nitrogens with two attached hydrogens (primary N) is 1. The number of pyridine rings is 1. The van der Waals surface area contributed by atoms with E-state index in [1.807, 2.05) is 0 Å². The zero-order valence-electron chi connectivity index (χ0n) is 24.4. The quantitative estimate of drug-likeness (QED) is 0.247. The van der Waals surface area contributed by atoms with Gasteiger partial charge in [-0.2, -0.15) is 23.1 Å². The Morgan fingerprint density at radius 2 is 1.93 bits per heavy atom. The SMILES string of the molecule is Cc1c(F)c(N)cc(-c2ncc3c(N4CCCC[C@H]5[C@H](F)[C@H]54)nc(OC[C@@]45CCCN4C/C(=C/F)C5)nc3c2F)c1C(F)(F)F. The number of alkyl halides is 4. The Kier molecular flexibility index (Phi) is 7.13. The molecule has 0 bridgehead atoms. The number of aromatic nitrogens is 3. The van der Waals surface area contributed by atoms with Crippen LogP contribution in [0.15, 0.2) is 24.2 Å². The molecular weight excluding hydrogens is 605 g/mol. The zero-order valence-corrected chi connectivity index (χ0v) is 24.4. The van der Waals surface area contributed by atoms with E-state index in [0.717, 1.165) is 45.3 Å². The molecule has 0 radical (unpaired) electrons. The fourth-order valence-electron chi connectivity index (χ4n) is 7.62. The van der Waals surface area contributed by atoms with Crippen LogP contribution in [-0.2, 0) is 6.18 Å². The minimum absolute atomic E-state index is 0.0680. The maximum Gasteiger partial charge on any atom is 0.417 e. The first-order chi connectivity index (χ1) is 21.4. The number of nitrogens with zero attached hydrogens (tertiary/aromatic N) is 5. The van der Waals surface area contributed by atoms with Crippen LogP contribution >= 0.6 is 0 Å². The van der Waals surface area contributed by atoms with Crippen molar-refractivity contribution in [3.05, 3.63) is 46.9 Å². The van der Waals surface area contributed by atoms with Gasteiger partial charge < -0.3 is 15.4 Å². The highest BCUT2D eigenvalue weighted by atomic mass is 19.4. The molecule has 1 aromatic carbocycles. The van der Waals surface area contributed by atoms with Crippen LogP contribution in [0.4, 0.5) is 42.2 Å². The molecular formula is C31H31F7N6O. The second kappa shape index (κ2) is 10.7. The zero-order chi connectivity index (χ0) is 31.8. The monoisotopic (exact) mass is 636 g/mol. The van der Waals surface area contributed by atoms with Crippen LogP contribution < -0.4 is 15.4 Å². The molecule has 240 valence electrons. The molecule has 0 amide bonds. The molecule has 2 aromatic heterocycles. The largest absolute Gasteiger partial charge is 0.461 e. The normalized spacial score (nSPS) is 27.6. The van der Waals surface area contributed by atoms with Gasteiger partial charge in [0, 0.05) is 30.8 Å². The van der Waals surface area contributed by atoms with Crippen molar-refractivity contribution in [1.29, 1.82) is 0 Å².